The maximum atomic E-state index is 4.72. The molecule has 0 aliphatic heterocycles. The van der Waals surface area contributed by atoms with E-state index in [1.54, 1.807) is 0 Å². The van der Waals surface area contributed by atoms with Gasteiger partial charge in [-0.2, -0.15) is 0 Å². The van der Waals surface area contributed by atoms with E-state index < -0.39 is 0 Å². The summed E-state index contributed by atoms with van der Waals surface area (Å²) >= 11 is 0. The smallest absolute Gasteiger partial charge is 0 e. The monoisotopic (exact) mass is 247 g/mol. The van der Waals surface area contributed by atoms with E-state index in [1.165, 1.54) is 24.7 Å². The Balaban J connectivity index is -0.0000000339. The molecule has 0 spiro atoms. The molecule has 0 aliphatic carbocycles. The Morgan fingerprint density at radius 1 is 1.18 bits per heavy atom. The van der Waals surface area contributed by atoms with Crippen molar-refractivity contribution in [3.63, 3.8) is 0 Å². The van der Waals surface area contributed by atoms with Crippen molar-refractivity contribution < 1.29 is 32.7 Å². The molecule has 2 heteroatoms. The third kappa shape index (κ3) is 98.5. The average Bonchev–Trinajstić information content (AvgIpc) is 2.08. The second kappa shape index (κ2) is 43.9. The molecule has 0 rings (SSSR count). The van der Waals surface area contributed by atoms with Gasteiger partial charge in [-0.15, -0.1) is 9.24 Å². The Bertz CT molecular complexity index is 45.5. The Morgan fingerprint density at radius 2 is 1.36 bits per heavy atom. The van der Waals surface area contributed by atoms with Gasteiger partial charge in [-0.3, -0.25) is 0 Å². The Kier molecular flexibility index (Phi) is 90.6. The molecular weight excluding hydrogens is 228 g/mol. The van der Waals surface area contributed by atoms with Gasteiger partial charge in [0.1, 0.15) is 0 Å². The van der Waals surface area contributed by atoms with Crippen molar-refractivity contribution in [2.75, 3.05) is 6.16 Å². The molecule has 0 bridgehead atoms. The first-order valence-electron chi connectivity index (χ1n) is 3.62. The third-order valence-electron chi connectivity index (χ3n) is 0.400. The van der Waals surface area contributed by atoms with Gasteiger partial charge in [-0.05, 0) is 6.16 Å². The standard InChI is InChI=1S/C4H4.C3H9P.C2H6.Y/c1-3-4-2;1-2-3-4;1-2;/h1-4H;2-4H2,1H3;1-2H3;/q-2;;;. The molecule has 0 N–H and O–H groups in total. The van der Waals surface area contributed by atoms with Gasteiger partial charge in [0.15, 0.2) is 0 Å². The van der Waals surface area contributed by atoms with Crippen LogP contribution in [0.2, 0.25) is 0 Å². The first-order valence-corrected chi connectivity index (χ1v) is 4.43. The Labute approximate surface area is 100 Å². The summed E-state index contributed by atoms with van der Waals surface area (Å²) in [6, 6.07) is 0. The van der Waals surface area contributed by atoms with Crippen LogP contribution in [0.15, 0.2) is 12.2 Å². The molecule has 1 unspecified atom stereocenters. The minimum Gasteiger partial charge on any atom is -0.394 e. The molecule has 0 heterocycles. The normalized spacial score (nSPS) is 5.09. The molecule has 0 fully saturated rings. The van der Waals surface area contributed by atoms with Gasteiger partial charge in [-0.1, -0.05) is 27.2 Å². The second-order valence-corrected chi connectivity index (χ2v) is 1.75. The summed E-state index contributed by atoms with van der Waals surface area (Å²) in [6.07, 6.45) is 5.07. The fourth-order valence-corrected chi connectivity index (χ4v) is 0. The fraction of sp³-hybridized carbons (Fsp3) is 0.556. The maximum absolute atomic E-state index is 4.72. The van der Waals surface area contributed by atoms with Crippen LogP contribution >= 0.6 is 9.24 Å². The summed E-state index contributed by atoms with van der Waals surface area (Å²) in [6.45, 7) is 15.6. The minimum atomic E-state index is 0. The van der Waals surface area contributed by atoms with E-state index in [9.17, 15) is 0 Å². The van der Waals surface area contributed by atoms with E-state index in [2.05, 4.69) is 16.2 Å². The van der Waals surface area contributed by atoms with Crippen molar-refractivity contribution in [3.05, 3.63) is 25.3 Å². The van der Waals surface area contributed by atoms with Gasteiger partial charge < -0.3 is 25.3 Å². The van der Waals surface area contributed by atoms with Crippen molar-refractivity contribution in [2.45, 2.75) is 27.2 Å². The molecule has 1 radical (unpaired) electrons. The van der Waals surface area contributed by atoms with Gasteiger partial charge in [0, 0.05) is 32.7 Å². The summed E-state index contributed by atoms with van der Waals surface area (Å²) in [5.74, 6) is 0. The number of allylic oxidation sites excluding steroid dienone is 2. The zero-order chi connectivity index (χ0) is 8.83. The van der Waals surface area contributed by atoms with Crippen LogP contribution < -0.4 is 0 Å². The third-order valence-corrected chi connectivity index (χ3v) is 0.977. The van der Waals surface area contributed by atoms with E-state index in [1.807, 2.05) is 13.8 Å². The summed E-state index contributed by atoms with van der Waals surface area (Å²) in [5.41, 5.74) is 0. The van der Waals surface area contributed by atoms with Crippen molar-refractivity contribution in [2.24, 2.45) is 0 Å². The van der Waals surface area contributed by atoms with Crippen LogP contribution in [0.25, 0.3) is 0 Å². The quantitative estimate of drug-likeness (QED) is 0.399. The minimum absolute atomic E-state index is 0. The molecular formula is C9H19PY-2. The van der Waals surface area contributed by atoms with Gasteiger partial charge in [0.25, 0.3) is 0 Å². The maximum Gasteiger partial charge on any atom is 0 e. The van der Waals surface area contributed by atoms with E-state index in [4.69, 9.17) is 13.2 Å². The van der Waals surface area contributed by atoms with Crippen molar-refractivity contribution in [3.8, 4) is 0 Å². The molecule has 0 amide bonds. The van der Waals surface area contributed by atoms with E-state index in [-0.39, 0.29) is 32.7 Å². The Morgan fingerprint density at radius 3 is 1.36 bits per heavy atom. The topological polar surface area (TPSA) is 0 Å². The van der Waals surface area contributed by atoms with Crippen LogP contribution in [0.1, 0.15) is 27.2 Å². The molecule has 0 aromatic heterocycles. The van der Waals surface area contributed by atoms with E-state index >= 15 is 0 Å². The van der Waals surface area contributed by atoms with Crippen LogP contribution in [0.4, 0.5) is 0 Å². The molecule has 0 aliphatic rings. The predicted octanol–water partition coefficient (Wildman–Crippen LogP) is 3.26. The van der Waals surface area contributed by atoms with Gasteiger partial charge in [0.2, 0.25) is 0 Å². The largest absolute Gasteiger partial charge is 0.394 e. The zero-order valence-corrected chi connectivity index (χ0v) is 11.9. The molecule has 1 atom stereocenters. The van der Waals surface area contributed by atoms with Gasteiger partial charge in [0.05, 0.1) is 0 Å². The number of hydrogen-bond acceptors (Lipinski definition) is 0. The first-order chi connectivity index (χ1) is 4.83. The summed E-state index contributed by atoms with van der Waals surface area (Å²) in [4.78, 5) is 0. The average molecular weight is 247 g/mol. The molecule has 0 saturated heterocycles. The number of hydrogen-bond donors (Lipinski definition) is 0. The van der Waals surface area contributed by atoms with Crippen molar-refractivity contribution in [1.29, 1.82) is 0 Å². The van der Waals surface area contributed by atoms with Gasteiger partial charge in [-0.25, -0.2) is 0 Å². The fourth-order valence-electron chi connectivity index (χ4n) is 0. The molecule has 0 nitrogen and oxygen atoms in total. The Hall–Kier alpha value is 1.01. The van der Waals surface area contributed by atoms with E-state index in [0.717, 1.165) is 0 Å². The summed E-state index contributed by atoms with van der Waals surface area (Å²) < 4.78 is 0. The van der Waals surface area contributed by atoms with Crippen LogP contribution in [0.5, 0.6) is 0 Å². The SMILES string of the molecule is CC.CCCP.[CH-]=CC=[CH-].[Y]. The van der Waals surface area contributed by atoms with Crippen LogP contribution in [0.3, 0.4) is 0 Å². The second-order valence-electron chi connectivity index (χ2n) is 1.17. The molecule has 0 aromatic carbocycles. The zero-order valence-electron chi connectivity index (χ0n) is 7.88. The number of rotatable bonds is 2. The van der Waals surface area contributed by atoms with E-state index in [0.29, 0.717) is 0 Å². The summed E-state index contributed by atoms with van der Waals surface area (Å²) in [5, 5.41) is 0. The predicted molar refractivity (Wildman–Crippen MR) is 54.0 cm³/mol. The van der Waals surface area contributed by atoms with Crippen LogP contribution in [0, 0.1) is 13.2 Å². The van der Waals surface area contributed by atoms with Crippen molar-refractivity contribution in [1.82, 2.24) is 0 Å². The molecule has 65 valence electrons. The first kappa shape index (κ1) is 22.7. The van der Waals surface area contributed by atoms with Crippen LogP contribution in [-0.4, -0.2) is 6.16 Å². The molecule has 0 aromatic rings. The molecule has 11 heavy (non-hydrogen) atoms. The van der Waals surface area contributed by atoms with Gasteiger partial charge >= 0.3 is 0 Å². The summed E-state index contributed by atoms with van der Waals surface area (Å²) in [7, 11) is 2.66. The van der Waals surface area contributed by atoms with Crippen LogP contribution in [-0.2, 0) is 32.7 Å². The molecule has 0 saturated carbocycles. The van der Waals surface area contributed by atoms with Crippen molar-refractivity contribution >= 4 is 9.24 Å².